The molecule has 11 heavy (non-hydrogen) atoms. The van der Waals surface area contributed by atoms with Crippen LogP contribution in [0.4, 0.5) is 4.39 Å². The van der Waals surface area contributed by atoms with Crippen LogP contribution in [0.2, 0.25) is 0 Å². The Kier molecular flexibility index (Phi) is 2.00. The van der Waals surface area contributed by atoms with Gasteiger partial charge >= 0.3 is 0 Å². The van der Waals surface area contributed by atoms with Gasteiger partial charge in [-0.05, 0) is 6.07 Å². The number of nitrogens with one attached hydrogen (secondary N) is 1. The van der Waals surface area contributed by atoms with Gasteiger partial charge in [-0.1, -0.05) is 0 Å². The van der Waals surface area contributed by atoms with Crippen LogP contribution in [0.3, 0.4) is 0 Å². The van der Waals surface area contributed by atoms with Gasteiger partial charge in [0, 0.05) is 6.20 Å². The number of rotatable bonds is 1. The van der Waals surface area contributed by atoms with E-state index in [1.54, 1.807) is 0 Å². The van der Waals surface area contributed by atoms with Gasteiger partial charge in [0.2, 0.25) is 0 Å². The highest BCUT2D eigenvalue weighted by molar-refractivity contribution is 5.93. The highest BCUT2D eigenvalue weighted by Crippen LogP contribution is 2.01. The van der Waals surface area contributed by atoms with E-state index in [2.05, 4.69) is 10.1 Å². The number of hydrogen-bond acceptors (Lipinski definition) is 3. The van der Waals surface area contributed by atoms with E-state index in [0.717, 1.165) is 18.5 Å². The van der Waals surface area contributed by atoms with E-state index in [9.17, 15) is 9.18 Å². The third kappa shape index (κ3) is 1.64. The SMILES string of the molecule is N=NC(=O)c1cncc(F)c1. The number of amides is 1. The van der Waals surface area contributed by atoms with Gasteiger partial charge in [0.25, 0.3) is 5.91 Å². The second-order valence-corrected chi connectivity index (χ2v) is 1.81. The lowest BCUT2D eigenvalue weighted by molar-refractivity contribution is 0.0990. The largest absolute Gasteiger partial charge is 0.296 e. The molecule has 0 radical (unpaired) electrons. The fraction of sp³-hybridized carbons (Fsp3) is 0. The van der Waals surface area contributed by atoms with Gasteiger partial charge in [-0.3, -0.25) is 9.78 Å². The second kappa shape index (κ2) is 2.96. The van der Waals surface area contributed by atoms with Crippen LogP contribution >= 0.6 is 0 Å². The molecule has 0 fully saturated rings. The van der Waals surface area contributed by atoms with Crippen LogP contribution in [0, 0.1) is 11.3 Å². The van der Waals surface area contributed by atoms with E-state index in [1.807, 2.05) is 0 Å². The standard InChI is InChI=1S/C6H4FN3O/c7-5-1-4(2-9-3-5)6(11)10-8/h1-3,8H. The molecule has 4 nitrogen and oxygen atoms in total. The first-order valence-electron chi connectivity index (χ1n) is 2.76. The summed E-state index contributed by atoms with van der Waals surface area (Å²) in [6.07, 6.45) is 2.13. The zero-order valence-electron chi connectivity index (χ0n) is 5.41. The molecule has 1 rings (SSSR count). The minimum absolute atomic E-state index is 0.0139. The molecule has 1 heterocycles. The summed E-state index contributed by atoms with van der Waals surface area (Å²) in [6, 6.07) is 0.980. The van der Waals surface area contributed by atoms with Crippen LogP contribution in [-0.4, -0.2) is 10.9 Å². The van der Waals surface area contributed by atoms with E-state index >= 15 is 0 Å². The van der Waals surface area contributed by atoms with Crippen LogP contribution in [-0.2, 0) is 0 Å². The number of hydrogen-bond donors (Lipinski definition) is 1. The predicted molar refractivity (Wildman–Crippen MR) is 33.7 cm³/mol. The molecule has 0 saturated heterocycles. The number of pyridine rings is 1. The van der Waals surface area contributed by atoms with E-state index in [4.69, 9.17) is 5.53 Å². The molecule has 56 valence electrons. The Morgan fingerprint density at radius 1 is 1.64 bits per heavy atom. The van der Waals surface area contributed by atoms with E-state index < -0.39 is 11.7 Å². The topological polar surface area (TPSA) is 66.2 Å². The summed E-state index contributed by atoms with van der Waals surface area (Å²) < 4.78 is 12.3. The lowest BCUT2D eigenvalue weighted by atomic mass is 10.3. The molecule has 0 spiro atoms. The Morgan fingerprint density at radius 2 is 2.36 bits per heavy atom. The summed E-state index contributed by atoms with van der Waals surface area (Å²) in [4.78, 5) is 14.0. The van der Waals surface area contributed by atoms with Crippen molar-refractivity contribution in [1.29, 1.82) is 5.53 Å². The molecular weight excluding hydrogens is 149 g/mol. The Bertz CT molecular complexity index is 300. The van der Waals surface area contributed by atoms with Gasteiger partial charge in [0.1, 0.15) is 5.82 Å². The monoisotopic (exact) mass is 153 g/mol. The fourth-order valence-electron chi connectivity index (χ4n) is 0.593. The number of aromatic nitrogens is 1. The Hall–Kier alpha value is -1.65. The molecule has 0 unspecified atom stereocenters. The minimum Gasteiger partial charge on any atom is -0.265 e. The van der Waals surface area contributed by atoms with Crippen LogP contribution < -0.4 is 0 Å². The van der Waals surface area contributed by atoms with Crippen LogP contribution in [0.1, 0.15) is 10.4 Å². The van der Waals surface area contributed by atoms with Gasteiger partial charge < -0.3 is 0 Å². The Morgan fingerprint density at radius 3 is 2.91 bits per heavy atom. The normalized spacial score (nSPS) is 9.18. The van der Waals surface area contributed by atoms with Crippen molar-refractivity contribution in [2.24, 2.45) is 5.11 Å². The number of carbonyl (C=O) groups excluding carboxylic acids is 1. The van der Waals surface area contributed by atoms with Crippen LogP contribution in [0.5, 0.6) is 0 Å². The van der Waals surface area contributed by atoms with Crippen LogP contribution in [0.15, 0.2) is 23.6 Å². The quantitative estimate of drug-likeness (QED) is 0.619. The van der Waals surface area contributed by atoms with Crippen molar-refractivity contribution in [3.05, 3.63) is 29.8 Å². The molecule has 0 saturated carbocycles. The third-order valence-electron chi connectivity index (χ3n) is 1.05. The molecule has 0 aliphatic carbocycles. The summed E-state index contributed by atoms with van der Waals surface area (Å²) in [5, 5.41) is 2.60. The molecule has 1 aromatic rings. The van der Waals surface area contributed by atoms with Crippen molar-refractivity contribution in [2.45, 2.75) is 0 Å². The lowest BCUT2D eigenvalue weighted by Crippen LogP contribution is -1.94. The maximum absolute atomic E-state index is 12.3. The van der Waals surface area contributed by atoms with Crippen molar-refractivity contribution in [3.8, 4) is 0 Å². The van der Waals surface area contributed by atoms with Crippen molar-refractivity contribution < 1.29 is 9.18 Å². The molecule has 0 bridgehead atoms. The third-order valence-corrected chi connectivity index (χ3v) is 1.05. The molecule has 1 amide bonds. The zero-order chi connectivity index (χ0) is 8.27. The molecular formula is C6H4FN3O. The molecule has 0 atom stereocenters. The second-order valence-electron chi connectivity index (χ2n) is 1.81. The Labute approximate surface area is 61.6 Å². The van der Waals surface area contributed by atoms with Gasteiger partial charge in [0.15, 0.2) is 0 Å². The van der Waals surface area contributed by atoms with Crippen molar-refractivity contribution in [2.75, 3.05) is 0 Å². The highest BCUT2D eigenvalue weighted by Gasteiger charge is 2.03. The molecule has 1 aromatic heterocycles. The highest BCUT2D eigenvalue weighted by atomic mass is 19.1. The van der Waals surface area contributed by atoms with Crippen molar-refractivity contribution >= 4 is 5.91 Å². The molecule has 1 N–H and O–H groups in total. The first-order valence-corrected chi connectivity index (χ1v) is 2.76. The summed E-state index contributed by atoms with van der Waals surface area (Å²) in [7, 11) is 0. The van der Waals surface area contributed by atoms with E-state index in [0.29, 0.717) is 0 Å². The van der Waals surface area contributed by atoms with Gasteiger partial charge in [-0.15, -0.1) is 5.11 Å². The predicted octanol–water partition coefficient (Wildman–Crippen LogP) is 1.39. The molecule has 5 heteroatoms. The summed E-state index contributed by atoms with van der Waals surface area (Å²) in [5.74, 6) is -1.41. The molecule has 0 aromatic carbocycles. The number of nitrogens with zero attached hydrogens (tertiary/aromatic N) is 2. The number of carbonyl (C=O) groups is 1. The molecule has 0 aliphatic heterocycles. The van der Waals surface area contributed by atoms with E-state index in [1.165, 1.54) is 0 Å². The van der Waals surface area contributed by atoms with Crippen molar-refractivity contribution in [1.82, 2.24) is 4.98 Å². The lowest BCUT2D eigenvalue weighted by Gasteiger charge is -1.90. The first kappa shape index (κ1) is 7.46. The summed E-state index contributed by atoms with van der Waals surface area (Å²) >= 11 is 0. The summed E-state index contributed by atoms with van der Waals surface area (Å²) in [5.41, 5.74) is 6.33. The zero-order valence-corrected chi connectivity index (χ0v) is 5.41. The van der Waals surface area contributed by atoms with Crippen molar-refractivity contribution in [3.63, 3.8) is 0 Å². The average Bonchev–Trinajstić information content (AvgIpc) is 2.03. The maximum Gasteiger partial charge on any atom is 0.296 e. The maximum atomic E-state index is 12.3. The first-order chi connectivity index (χ1) is 5.24. The van der Waals surface area contributed by atoms with Gasteiger partial charge in [-0.2, -0.15) is 0 Å². The van der Waals surface area contributed by atoms with Gasteiger partial charge in [-0.25, -0.2) is 9.92 Å². The minimum atomic E-state index is -0.794. The average molecular weight is 153 g/mol. The van der Waals surface area contributed by atoms with Crippen LogP contribution in [0.25, 0.3) is 0 Å². The molecule has 0 aliphatic rings. The fourth-order valence-corrected chi connectivity index (χ4v) is 0.593. The van der Waals surface area contributed by atoms with Gasteiger partial charge in [0.05, 0.1) is 11.8 Å². The Balaban J connectivity index is 3.05. The number of halogens is 1. The summed E-state index contributed by atoms with van der Waals surface area (Å²) in [6.45, 7) is 0. The smallest absolute Gasteiger partial charge is 0.265 e. The van der Waals surface area contributed by atoms with E-state index in [-0.39, 0.29) is 5.56 Å².